The number of nitrogen functional groups attached to an aromatic ring is 1. The Bertz CT molecular complexity index is 711. The summed E-state index contributed by atoms with van der Waals surface area (Å²) in [5.41, 5.74) is 7.93. The first-order valence-electron chi connectivity index (χ1n) is 6.63. The molecule has 0 amide bonds. The number of fused-ring (bicyclic) bond motifs is 1. The van der Waals surface area contributed by atoms with E-state index in [2.05, 4.69) is 11.1 Å². The maximum atomic E-state index is 5.98. The number of ether oxygens (including phenoxy) is 1. The lowest BCUT2D eigenvalue weighted by Crippen LogP contribution is -2.02. The molecule has 3 aromatic rings. The van der Waals surface area contributed by atoms with Crippen LogP contribution >= 0.6 is 0 Å². The molecule has 3 nitrogen and oxygen atoms in total. The molecule has 0 radical (unpaired) electrons. The number of anilines is 1. The van der Waals surface area contributed by atoms with Crippen LogP contribution in [0.2, 0.25) is 0 Å². The number of nitrogens with zero attached hydrogens (tertiary/aromatic N) is 1. The van der Waals surface area contributed by atoms with Crippen molar-refractivity contribution < 1.29 is 4.74 Å². The zero-order valence-corrected chi connectivity index (χ0v) is 11.1. The molecule has 1 aromatic heterocycles. The molecule has 100 valence electrons. The van der Waals surface area contributed by atoms with Gasteiger partial charge in [0.25, 0.3) is 0 Å². The molecular formula is C17H16N2O. The Morgan fingerprint density at radius 2 is 1.80 bits per heavy atom. The van der Waals surface area contributed by atoms with Gasteiger partial charge in [0.05, 0.1) is 6.61 Å². The summed E-state index contributed by atoms with van der Waals surface area (Å²) in [6.07, 6.45) is 4.48. The van der Waals surface area contributed by atoms with Gasteiger partial charge < -0.3 is 10.5 Å². The Hall–Kier alpha value is -2.55. The highest BCUT2D eigenvalue weighted by molar-refractivity contribution is 5.96. The third kappa shape index (κ3) is 2.57. The summed E-state index contributed by atoms with van der Waals surface area (Å²) in [5.74, 6) is 0.874. The molecule has 0 aliphatic heterocycles. The van der Waals surface area contributed by atoms with Crippen LogP contribution in [0.15, 0.2) is 60.9 Å². The minimum absolute atomic E-state index is 0.625. The van der Waals surface area contributed by atoms with E-state index in [1.54, 1.807) is 6.20 Å². The molecular weight excluding hydrogens is 248 g/mol. The lowest BCUT2D eigenvalue weighted by Gasteiger charge is -2.10. The third-order valence-electron chi connectivity index (χ3n) is 3.29. The van der Waals surface area contributed by atoms with Crippen molar-refractivity contribution in [3.63, 3.8) is 0 Å². The summed E-state index contributed by atoms with van der Waals surface area (Å²) in [6, 6.07) is 15.8. The molecule has 0 aliphatic rings. The van der Waals surface area contributed by atoms with Gasteiger partial charge in [-0.25, -0.2) is 0 Å². The Morgan fingerprint density at radius 1 is 0.950 bits per heavy atom. The van der Waals surface area contributed by atoms with E-state index < -0.39 is 0 Å². The van der Waals surface area contributed by atoms with Crippen LogP contribution in [0.25, 0.3) is 10.8 Å². The van der Waals surface area contributed by atoms with Crippen molar-refractivity contribution in [1.29, 1.82) is 0 Å². The summed E-state index contributed by atoms with van der Waals surface area (Å²) in [6.45, 7) is 0.625. The zero-order chi connectivity index (χ0) is 13.8. The summed E-state index contributed by atoms with van der Waals surface area (Å²) in [5, 5.41) is 2.09. The molecule has 2 N–H and O–H groups in total. The van der Waals surface area contributed by atoms with Gasteiger partial charge in [-0.1, -0.05) is 30.3 Å². The number of nitrogens with two attached hydrogens (primary N) is 1. The fraction of sp³-hybridized carbons (Fsp3) is 0.118. The molecule has 3 rings (SSSR count). The number of hydrogen-bond acceptors (Lipinski definition) is 3. The molecule has 0 spiro atoms. The van der Waals surface area contributed by atoms with Gasteiger partial charge in [-0.3, -0.25) is 4.98 Å². The van der Waals surface area contributed by atoms with Gasteiger partial charge in [0.1, 0.15) is 5.75 Å². The van der Waals surface area contributed by atoms with Crippen LogP contribution in [0.4, 0.5) is 5.69 Å². The van der Waals surface area contributed by atoms with Crippen LogP contribution in [0, 0.1) is 0 Å². The van der Waals surface area contributed by atoms with E-state index in [0.717, 1.165) is 28.6 Å². The largest absolute Gasteiger partial charge is 0.493 e. The van der Waals surface area contributed by atoms with Crippen molar-refractivity contribution in [3.8, 4) is 5.75 Å². The predicted octanol–water partition coefficient (Wildman–Crippen LogP) is 3.44. The van der Waals surface area contributed by atoms with Gasteiger partial charge >= 0.3 is 0 Å². The van der Waals surface area contributed by atoms with Crippen LogP contribution in [-0.4, -0.2) is 11.6 Å². The van der Waals surface area contributed by atoms with Gasteiger partial charge in [-0.15, -0.1) is 0 Å². The van der Waals surface area contributed by atoms with Gasteiger partial charge in [-0.2, -0.15) is 0 Å². The van der Waals surface area contributed by atoms with Crippen LogP contribution in [0.3, 0.4) is 0 Å². The molecule has 0 atom stereocenters. The normalized spacial score (nSPS) is 10.6. The van der Waals surface area contributed by atoms with E-state index in [1.165, 1.54) is 5.56 Å². The molecule has 0 aliphatic carbocycles. The van der Waals surface area contributed by atoms with Crippen LogP contribution in [0.1, 0.15) is 5.56 Å². The molecule has 0 unspecified atom stereocenters. The number of hydrogen-bond donors (Lipinski definition) is 1. The first-order valence-corrected chi connectivity index (χ1v) is 6.63. The van der Waals surface area contributed by atoms with Crippen molar-refractivity contribution in [2.45, 2.75) is 6.42 Å². The number of pyridine rings is 1. The average Bonchev–Trinajstić information content (AvgIpc) is 2.51. The van der Waals surface area contributed by atoms with Crippen LogP contribution in [0.5, 0.6) is 5.75 Å². The molecule has 0 saturated carbocycles. The number of aromatic nitrogens is 1. The molecule has 0 bridgehead atoms. The lowest BCUT2D eigenvalue weighted by atomic mass is 10.1. The summed E-state index contributed by atoms with van der Waals surface area (Å²) in [7, 11) is 0. The Kier molecular flexibility index (Phi) is 3.50. The standard InChI is InChI=1S/C17H16N2O/c18-16-7-8-17(15-6-2-1-5-14(15)16)20-11-9-13-4-3-10-19-12-13/h1-8,10,12H,9,11,18H2. The van der Waals surface area contributed by atoms with Crippen molar-refractivity contribution >= 4 is 16.5 Å². The summed E-state index contributed by atoms with van der Waals surface area (Å²) in [4.78, 5) is 4.10. The Labute approximate surface area is 118 Å². The van der Waals surface area contributed by atoms with E-state index in [0.29, 0.717) is 6.61 Å². The highest BCUT2D eigenvalue weighted by atomic mass is 16.5. The van der Waals surface area contributed by atoms with Crippen molar-refractivity contribution in [2.24, 2.45) is 0 Å². The highest BCUT2D eigenvalue weighted by Crippen LogP contribution is 2.29. The van der Waals surface area contributed by atoms with E-state index in [1.807, 2.05) is 48.7 Å². The number of rotatable bonds is 4. The number of benzene rings is 2. The predicted molar refractivity (Wildman–Crippen MR) is 81.8 cm³/mol. The summed E-state index contributed by atoms with van der Waals surface area (Å²) < 4.78 is 5.89. The summed E-state index contributed by atoms with van der Waals surface area (Å²) >= 11 is 0. The first-order chi connectivity index (χ1) is 9.84. The molecule has 1 heterocycles. The maximum Gasteiger partial charge on any atom is 0.127 e. The van der Waals surface area contributed by atoms with Gasteiger partial charge in [0, 0.05) is 35.3 Å². The fourth-order valence-electron chi connectivity index (χ4n) is 2.25. The maximum absolute atomic E-state index is 5.98. The minimum atomic E-state index is 0.625. The first kappa shape index (κ1) is 12.5. The van der Waals surface area contributed by atoms with Crippen molar-refractivity contribution in [3.05, 3.63) is 66.5 Å². The second kappa shape index (κ2) is 5.61. The molecule has 20 heavy (non-hydrogen) atoms. The zero-order valence-electron chi connectivity index (χ0n) is 11.1. The highest BCUT2D eigenvalue weighted by Gasteiger charge is 2.04. The minimum Gasteiger partial charge on any atom is -0.493 e. The Morgan fingerprint density at radius 3 is 2.60 bits per heavy atom. The second-order valence-electron chi connectivity index (χ2n) is 4.66. The topological polar surface area (TPSA) is 48.1 Å². The van der Waals surface area contributed by atoms with E-state index in [-0.39, 0.29) is 0 Å². The fourth-order valence-corrected chi connectivity index (χ4v) is 2.25. The van der Waals surface area contributed by atoms with Crippen LogP contribution < -0.4 is 10.5 Å². The van der Waals surface area contributed by atoms with Crippen LogP contribution in [-0.2, 0) is 6.42 Å². The molecule has 0 saturated heterocycles. The van der Waals surface area contributed by atoms with Gasteiger partial charge in [-0.05, 0) is 23.8 Å². The van der Waals surface area contributed by atoms with Gasteiger partial charge in [0.2, 0.25) is 0 Å². The smallest absolute Gasteiger partial charge is 0.127 e. The second-order valence-corrected chi connectivity index (χ2v) is 4.66. The molecule has 3 heteroatoms. The molecule has 2 aromatic carbocycles. The average molecular weight is 264 g/mol. The van der Waals surface area contributed by atoms with Crippen molar-refractivity contribution in [1.82, 2.24) is 4.98 Å². The monoisotopic (exact) mass is 264 g/mol. The van der Waals surface area contributed by atoms with E-state index >= 15 is 0 Å². The van der Waals surface area contributed by atoms with Crippen molar-refractivity contribution in [2.75, 3.05) is 12.3 Å². The quantitative estimate of drug-likeness (QED) is 0.734. The van der Waals surface area contributed by atoms with E-state index in [9.17, 15) is 0 Å². The van der Waals surface area contributed by atoms with E-state index in [4.69, 9.17) is 10.5 Å². The SMILES string of the molecule is Nc1ccc(OCCc2cccnc2)c2ccccc12. The third-order valence-corrected chi connectivity index (χ3v) is 3.29. The van der Waals surface area contributed by atoms with Gasteiger partial charge in [0.15, 0.2) is 0 Å². The lowest BCUT2D eigenvalue weighted by molar-refractivity contribution is 0.325. The Balaban J connectivity index is 1.77. The molecule has 0 fully saturated rings.